The van der Waals surface area contributed by atoms with Gasteiger partial charge in [0.05, 0.1) is 24.7 Å². The number of imidazole rings is 1. The van der Waals surface area contributed by atoms with E-state index in [0.717, 1.165) is 29.8 Å². The summed E-state index contributed by atoms with van der Waals surface area (Å²) in [7, 11) is 3.27. The molecule has 0 unspecified atom stereocenters. The number of allylic oxidation sites excluding steroid dienone is 2. The number of alkyl halides is 3. The molecule has 3 N–H and O–H groups in total. The van der Waals surface area contributed by atoms with Crippen LogP contribution in [0.5, 0.6) is 5.75 Å². The van der Waals surface area contributed by atoms with Gasteiger partial charge in [0, 0.05) is 45.5 Å². The maximum atomic E-state index is 13.9. The summed E-state index contributed by atoms with van der Waals surface area (Å²) in [6, 6.07) is 0.500. The fourth-order valence-corrected chi connectivity index (χ4v) is 5.25. The van der Waals surface area contributed by atoms with Crippen LogP contribution in [0.4, 0.5) is 24.9 Å². The molecule has 3 aromatic rings. The Labute approximate surface area is 253 Å². The first-order valence-electron chi connectivity index (χ1n) is 13.8. The van der Waals surface area contributed by atoms with Gasteiger partial charge in [0.15, 0.2) is 28.8 Å². The Kier molecular flexibility index (Phi) is 7.79. The van der Waals surface area contributed by atoms with Crippen molar-refractivity contribution < 1.29 is 27.4 Å². The zero-order valence-corrected chi connectivity index (χ0v) is 24.4. The molecular weight excluding hydrogens is 605 g/mol. The summed E-state index contributed by atoms with van der Waals surface area (Å²) < 4.78 is 55.3. The molecule has 1 amide bonds. The van der Waals surface area contributed by atoms with Crippen molar-refractivity contribution in [2.45, 2.75) is 37.9 Å². The number of nitrogens with zero attached hydrogens (tertiary/aromatic N) is 7. The van der Waals surface area contributed by atoms with E-state index in [-0.39, 0.29) is 45.8 Å². The van der Waals surface area contributed by atoms with E-state index >= 15 is 0 Å². The highest BCUT2D eigenvalue weighted by atomic mass is 35.5. The summed E-state index contributed by atoms with van der Waals surface area (Å²) >= 11 is 6.69. The molecule has 6 rings (SSSR count). The molecule has 0 spiro atoms. The van der Waals surface area contributed by atoms with E-state index in [9.17, 15) is 18.0 Å². The van der Waals surface area contributed by atoms with Crippen LogP contribution in [0.3, 0.4) is 0 Å². The third-order valence-electron chi connectivity index (χ3n) is 7.51. The molecule has 0 radical (unpaired) electrons. The number of halogens is 4. The quantitative estimate of drug-likeness (QED) is 0.243. The standard InChI is InChI=1S/C27H28ClF3N10O3/c1-39(25(42)14-3-4-14)21-13-33-16(11-34-21)17(10-32)44-18-12-35-24-23(22(18)28)40(2)26(37-24)36-20-9-19(27(29,30)31)41(38-20)15-5-7-43-8-6-15/h9-15,32-33H,3-8H2,1-2H3,(H,35,36,37,38)/b17-16+,32-10?. The molecule has 2 fully saturated rings. The number of pyridine rings is 1. The van der Waals surface area contributed by atoms with E-state index in [1.807, 2.05) is 0 Å². The number of aliphatic imine (C=N–C) groups is 1. The van der Waals surface area contributed by atoms with Gasteiger partial charge in [-0.15, -0.1) is 0 Å². The zero-order chi connectivity index (χ0) is 31.2. The second-order valence-corrected chi connectivity index (χ2v) is 10.9. The number of aryl methyl sites for hydroxylation is 1. The molecule has 44 heavy (non-hydrogen) atoms. The summed E-state index contributed by atoms with van der Waals surface area (Å²) in [5, 5.41) is 18.0. The largest absolute Gasteiger partial charge is 0.450 e. The van der Waals surface area contributed by atoms with Gasteiger partial charge >= 0.3 is 6.18 Å². The number of ether oxygens (including phenoxy) is 2. The van der Waals surface area contributed by atoms with Crippen LogP contribution >= 0.6 is 11.6 Å². The average molecular weight is 633 g/mol. The molecule has 0 atom stereocenters. The molecule has 3 aliphatic rings. The van der Waals surface area contributed by atoms with E-state index in [2.05, 4.69) is 30.7 Å². The summed E-state index contributed by atoms with van der Waals surface area (Å²) in [5.74, 6) is 0.752. The van der Waals surface area contributed by atoms with Crippen LogP contribution < -0.4 is 15.4 Å². The Morgan fingerprint density at radius 3 is 2.68 bits per heavy atom. The van der Waals surface area contributed by atoms with Crippen LogP contribution in [0.2, 0.25) is 5.02 Å². The molecular formula is C27H28ClF3N10O3. The first-order valence-corrected chi connectivity index (χ1v) is 14.2. The highest BCUT2D eigenvalue weighted by Gasteiger charge is 2.38. The maximum absolute atomic E-state index is 13.9. The molecule has 1 aliphatic carbocycles. The lowest BCUT2D eigenvalue weighted by atomic mass is 10.1. The highest BCUT2D eigenvalue weighted by molar-refractivity contribution is 6.36. The lowest BCUT2D eigenvalue weighted by Crippen LogP contribution is -2.30. The van der Waals surface area contributed by atoms with Crippen LogP contribution in [0.1, 0.15) is 37.4 Å². The van der Waals surface area contributed by atoms with Crippen molar-refractivity contribution in [1.82, 2.24) is 34.5 Å². The summed E-state index contributed by atoms with van der Waals surface area (Å²) in [5.41, 5.74) is 0.0333. The average Bonchev–Trinajstić information content (AvgIpc) is 3.70. The summed E-state index contributed by atoms with van der Waals surface area (Å²) in [6.45, 7) is 0.721. The zero-order valence-electron chi connectivity index (χ0n) is 23.7. The summed E-state index contributed by atoms with van der Waals surface area (Å²) in [6.07, 6.45) is 3.26. The predicted octanol–water partition coefficient (Wildman–Crippen LogP) is 4.51. The highest BCUT2D eigenvalue weighted by Crippen LogP contribution is 2.37. The molecule has 1 saturated carbocycles. The number of carbonyl (C=O) groups is 1. The van der Waals surface area contributed by atoms with Crippen molar-refractivity contribution >= 4 is 52.9 Å². The third kappa shape index (κ3) is 5.74. The number of amides is 1. The number of fused-ring (bicyclic) bond motifs is 1. The number of aromatic nitrogens is 5. The van der Waals surface area contributed by atoms with Crippen molar-refractivity contribution in [3.8, 4) is 5.75 Å². The molecule has 5 heterocycles. The first-order chi connectivity index (χ1) is 21.0. The number of rotatable bonds is 8. The molecule has 1 saturated heterocycles. The Hall–Kier alpha value is -4.44. The molecule has 17 heteroatoms. The first kappa shape index (κ1) is 29.6. The van der Waals surface area contributed by atoms with Gasteiger partial charge in [-0.2, -0.15) is 23.3 Å². The topological polar surface area (TPSA) is 148 Å². The van der Waals surface area contributed by atoms with Crippen molar-refractivity contribution in [1.29, 1.82) is 5.41 Å². The lowest BCUT2D eigenvalue weighted by Gasteiger charge is -2.24. The van der Waals surface area contributed by atoms with E-state index in [1.165, 1.54) is 28.1 Å². The van der Waals surface area contributed by atoms with E-state index in [0.29, 0.717) is 43.1 Å². The number of hydrogen-bond donors (Lipinski definition) is 3. The van der Waals surface area contributed by atoms with Crippen LogP contribution in [0, 0.1) is 11.3 Å². The van der Waals surface area contributed by atoms with Crippen molar-refractivity contribution in [2.75, 3.05) is 25.6 Å². The van der Waals surface area contributed by atoms with Gasteiger partial charge in [0.2, 0.25) is 11.9 Å². The van der Waals surface area contributed by atoms with Crippen LogP contribution in [0.25, 0.3) is 11.2 Å². The van der Waals surface area contributed by atoms with Gasteiger partial charge in [-0.25, -0.2) is 9.98 Å². The molecule has 0 aromatic carbocycles. The fourth-order valence-electron chi connectivity index (χ4n) is 4.95. The monoisotopic (exact) mass is 632 g/mol. The van der Waals surface area contributed by atoms with Crippen molar-refractivity contribution in [3.05, 3.63) is 46.5 Å². The Morgan fingerprint density at radius 1 is 1.30 bits per heavy atom. The minimum absolute atomic E-state index is 0.00387. The fraction of sp³-hybridized carbons (Fsp3) is 0.407. The second kappa shape index (κ2) is 11.6. The van der Waals surface area contributed by atoms with Gasteiger partial charge in [-0.3, -0.25) is 14.4 Å². The van der Waals surface area contributed by atoms with Crippen LogP contribution in [-0.2, 0) is 22.8 Å². The summed E-state index contributed by atoms with van der Waals surface area (Å²) in [4.78, 5) is 26.8. The molecule has 232 valence electrons. The Bertz CT molecular complexity index is 1720. The maximum Gasteiger partial charge on any atom is 0.433 e. The predicted molar refractivity (Wildman–Crippen MR) is 155 cm³/mol. The molecule has 13 nitrogen and oxygen atoms in total. The normalized spacial score (nSPS) is 18.5. The minimum atomic E-state index is -4.60. The minimum Gasteiger partial charge on any atom is -0.450 e. The van der Waals surface area contributed by atoms with E-state index < -0.39 is 17.9 Å². The van der Waals surface area contributed by atoms with Gasteiger partial charge in [0.25, 0.3) is 0 Å². The Balaban J connectivity index is 1.24. The van der Waals surface area contributed by atoms with Crippen molar-refractivity contribution in [3.63, 3.8) is 0 Å². The number of anilines is 2. The van der Waals surface area contributed by atoms with Crippen molar-refractivity contribution in [2.24, 2.45) is 18.0 Å². The SMILES string of the molecule is CN(C(=O)C1CC1)C1=CN/C(=C(\C=N)Oc2cnc3nc(Nc4cc(C(F)(F)F)n(C5CCOCC5)n4)n(C)c3c2Cl)C=N1. The van der Waals surface area contributed by atoms with Gasteiger partial charge < -0.3 is 30.1 Å². The smallest absolute Gasteiger partial charge is 0.433 e. The second-order valence-electron chi connectivity index (χ2n) is 10.5. The van der Waals surface area contributed by atoms with Gasteiger partial charge in [-0.05, 0) is 25.7 Å². The Morgan fingerprint density at radius 2 is 2.05 bits per heavy atom. The molecule has 3 aromatic heterocycles. The molecule has 0 bridgehead atoms. The third-order valence-corrected chi connectivity index (χ3v) is 7.87. The number of carbonyl (C=O) groups excluding carboxylic acids is 1. The van der Waals surface area contributed by atoms with E-state index in [4.69, 9.17) is 26.5 Å². The van der Waals surface area contributed by atoms with Gasteiger partial charge in [0.1, 0.15) is 21.9 Å². The van der Waals surface area contributed by atoms with Gasteiger partial charge in [-0.1, -0.05) is 11.6 Å². The number of hydrogen-bond acceptors (Lipinski definition) is 10. The lowest BCUT2D eigenvalue weighted by molar-refractivity contribution is -0.145. The van der Waals surface area contributed by atoms with E-state index in [1.54, 1.807) is 14.1 Å². The van der Waals surface area contributed by atoms with Crippen LogP contribution in [-0.4, -0.2) is 67.8 Å². The van der Waals surface area contributed by atoms with Crippen LogP contribution in [0.15, 0.2) is 40.7 Å². The number of nitrogens with one attached hydrogen (secondary N) is 3. The molecule has 2 aliphatic heterocycles.